The normalized spacial score (nSPS) is 12.3. The first-order valence-electron chi connectivity index (χ1n) is 10.2. The van der Waals surface area contributed by atoms with Crippen LogP contribution >= 0.6 is 0 Å². The molecule has 0 saturated carbocycles. The molecular weight excluding hydrogens is 370 g/mol. The lowest BCUT2D eigenvalue weighted by Gasteiger charge is -2.16. The summed E-state index contributed by atoms with van der Waals surface area (Å²) in [4.78, 5) is 0. The Balaban J connectivity index is 1.72. The molecule has 5 rings (SSSR count). The van der Waals surface area contributed by atoms with E-state index in [2.05, 4.69) is 92.8 Å². The Bertz CT molecular complexity index is 1410. The maximum absolute atomic E-state index is 6.15. The molecule has 3 aromatic carbocycles. The second-order valence-electron chi connectivity index (χ2n) is 9.06. The number of furan rings is 1. The molecule has 0 spiro atoms. The van der Waals surface area contributed by atoms with Gasteiger partial charge in [-0.05, 0) is 42.8 Å². The number of rotatable bonds is 2. The maximum Gasteiger partial charge on any atom is 0.213 e. The third-order valence-electron chi connectivity index (χ3n) is 6.04. The van der Waals surface area contributed by atoms with E-state index in [1.807, 2.05) is 12.1 Å². The lowest BCUT2D eigenvalue weighted by Crippen LogP contribution is -2.38. The highest BCUT2D eigenvalue weighted by molar-refractivity contribution is 6.88. The molecule has 0 amide bonds. The maximum atomic E-state index is 6.15. The fourth-order valence-electron chi connectivity index (χ4n) is 4.30. The van der Waals surface area contributed by atoms with Crippen molar-refractivity contribution in [3.8, 4) is 11.3 Å². The lowest BCUT2D eigenvalue weighted by molar-refractivity contribution is -0.633. The van der Waals surface area contributed by atoms with Crippen LogP contribution in [-0.2, 0) is 7.05 Å². The Morgan fingerprint density at radius 2 is 1.59 bits per heavy atom. The van der Waals surface area contributed by atoms with Crippen molar-refractivity contribution in [3.05, 3.63) is 72.3 Å². The molecule has 0 atom stereocenters. The fraction of sp³-hybridized carbons (Fsp3) is 0.192. The molecule has 0 aliphatic heterocycles. The highest BCUT2D eigenvalue weighted by Gasteiger charge is 2.21. The average Bonchev–Trinajstić information content (AvgIpc) is 3.04. The van der Waals surface area contributed by atoms with Crippen molar-refractivity contribution < 1.29 is 8.98 Å². The molecule has 3 heteroatoms. The highest BCUT2D eigenvalue weighted by atomic mass is 28.3. The predicted octanol–water partition coefficient (Wildman–Crippen LogP) is 6.08. The summed E-state index contributed by atoms with van der Waals surface area (Å²) in [7, 11) is 0.838. The van der Waals surface area contributed by atoms with Gasteiger partial charge in [0.15, 0.2) is 0 Å². The number of hydrogen-bond donors (Lipinski definition) is 0. The summed E-state index contributed by atoms with van der Waals surface area (Å²) in [5, 5.41) is 5.17. The molecule has 0 unspecified atom stereocenters. The van der Waals surface area contributed by atoms with Crippen LogP contribution < -0.4 is 9.75 Å². The zero-order valence-electron chi connectivity index (χ0n) is 17.7. The number of aromatic nitrogens is 1. The summed E-state index contributed by atoms with van der Waals surface area (Å²) in [6.45, 7) is 9.38. The van der Waals surface area contributed by atoms with Gasteiger partial charge in [-0.3, -0.25) is 0 Å². The van der Waals surface area contributed by atoms with E-state index in [1.165, 1.54) is 43.7 Å². The third kappa shape index (κ3) is 2.88. The van der Waals surface area contributed by atoms with Crippen molar-refractivity contribution in [1.82, 2.24) is 0 Å². The van der Waals surface area contributed by atoms with Crippen LogP contribution in [0.25, 0.3) is 44.1 Å². The molecule has 0 saturated heterocycles. The summed E-state index contributed by atoms with van der Waals surface area (Å²) in [5.41, 5.74) is 6.83. The predicted molar refractivity (Wildman–Crippen MR) is 126 cm³/mol. The topological polar surface area (TPSA) is 17.0 Å². The Morgan fingerprint density at radius 1 is 0.793 bits per heavy atom. The minimum atomic E-state index is -1.32. The number of para-hydroxylation sites is 1. The molecule has 5 aromatic rings. The summed E-state index contributed by atoms with van der Waals surface area (Å²) < 4.78 is 8.45. The fourth-order valence-corrected chi connectivity index (χ4v) is 5.47. The second kappa shape index (κ2) is 6.29. The van der Waals surface area contributed by atoms with Crippen molar-refractivity contribution >= 4 is 46.1 Å². The lowest BCUT2D eigenvalue weighted by atomic mass is 10.0. The van der Waals surface area contributed by atoms with E-state index in [1.54, 1.807) is 0 Å². The Hall–Kier alpha value is -2.91. The first kappa shape index (κ1) is 18.1. The number of aryl methyl sites for hydroxylation is 2. The van der Waals surface area contributed by atoms with Gasteiger partial charge in [-0.2, -0.15) is 4.57 Å². The van der Waals surface area contributed by atoms with E-state index in [-0.39, 0.29) is 0 Å². The first-order valence-corrected chi connectivity index (χ1v) is 13.7. The van der Waals surface area contributed by atoms with Gasteiger partial charge in [-0.15, -0.1) is 0 Å². The molecular formula is C26H26NOSi+. The van der Waals surface area contributed by atoms with E-state index < -0.39 is 8.07 Å². The summed E-state index contributed by atoms with van der Waals surface area (Å²) >= 11 is 0. The number of benzene rings is 3. The number of fused-ring (bicyclic) bond motifs is 4. The van der Waals surface area contributed by atoms with Crippen LogP contribution in [-0.4, -0.2) is 8.07 Å². The van der Waals surface area contributed by atoms with Gasteiger partial charge in [-0.25, -0.2) is 0 Å². The Kier molecular flexibility index (Phi) is 3.94. The van der Waals surface area contributed by atoms with E-state index in [0.717, 1.165) is 11.2 Å². The Labute approximate surface area is 172 Å². The second-order valence-corrected chi connectivity index (χ2v) is 14.1. The molecule has 0 bridgehead atoms. The van der Waals surface area contributed by atoms with Crippen LogP contribution in [0.15, 0.2) is 71.1 Å². The third-order valence-corrected chi connectivity index (χ3v) is 8.08. The molecule has 0 radical (unpaired) electrons. The summed E-state index contributed by atoms with van der Waals surface area (Å²) in [6, 6.07) is 24.2. The van der Waals surface area contributed by atoms with E-state index in [0.29, 0.717) is 0 Å². The van der Waals surface area contributed by atoms with Crippen molar-refractivity contribution in [2.45, 2.75) is 26.6 Å². The van der Waals surface area contributed by atoms with Gasteiger partial charge < -0.3 is 4.42 Å². The van der Waals surface area contributed by atoms with Crippen LogP contribution in [0.1, 0.15) is 5.56 Å². The van der Waals surface area contributed by atoms with Crippen molar-refractivity contribution in [1.29, 1.82) is 0 Å². The molecule has 0 fully saturated rings. The molecule has 2 nitrogen and oxygen atoms in total. The smallest absolute Gasteiger partial charge is 0.213 e. The molecule has 2 aromatic heterocycles. The van der Waals surface area contributed by atoms with Crippen LogP contribution in [0.3, 0.4) is 0 Å². The Morgan fingerprint density at radius 3 is 2.38 bits per heavy atom. The quantitative estimate of drug-likeness (QED) is 0.261. The van der Waals surface area contributed by atoms with Crippen LogP contribution in [0.2, 0.25) is 19.6 Å². The van der Waals surface area contributed by atoms with E-state index in [9.17, 15) is 0 Å². The largest absolute Gasteiger partial charge is 0.456 e. The van der Waals surface area contributed by atoms with Gasteiger partial charge in [0, 0.05) is 28.3 Å². The van der Waals surface area contributed by atoms with Gasteiger partial charge in [0.1, 0.15) is 18.2 Å². The average molecular weight is 397 g/mol. The first-order chi connectivity index (χ1) is 13.8. The molecule has 29 heavy (non-hydrogen) atoms. The minimum absolute atomic E-state index is 0.945. The van der Waals surface area contributed by atoms with Crippen molar-refractivity contribution in [2.75, 3.05) is 0 Å². The van der Waals surface area contributed by atoms with Crippen LogP contribution in [0.4, 0.5) is 0 Å². The number of hydrogen-bond acceptors (Lipinski definition) is 1. The molecule has 0 aliphatic carbocycles. The number of pyridine rings is 1. The molecule has 0 N–H and O–H groups in total. The van der Waals surface area contributed by atoms with Crippen molar-refractivity contribution in [2.24, 2.45) is 7.05 Å². The van der Waals surface area contributed by atoms with Gasteiger partial charge in [-0.1, -0.05) is 49.1 Å². The zero-order chi connectivity index (χ0) is 20.3. The minimum Gasteiger partial charge on any atom is -0.456 e. The summed E-state index contributed by atoms with van der Waals surface area (Å²) in [6.07, 6.45) is 0. The van der Waals surface area contributed by atoms with Gasteiger partial charge in [0.2, 0.25) is 11.2 Å². The van der Waals surface area contributed by atoms with E-state index >= 15 is 0 Å². The SMILES string of the molecule is Cc1cc2c(cc1-c1ccc3cc([Si](C)(C)C)ccc3[n+]1C)oc1ccccc12. The highest BCUT2D eigenvalue weighted by Crippen LogP contribution is 2.33. The molecule has 2 heterocycles. The molecule has 144 valence electrons. The van der Waals surface area contributed by atoms with Crippen LogP contribution in [0.5, 0.6) is 0 Å². The summed E-state index contributed by atoms with van der Waals surface area (Å²) in [5.74, 6) is 0. The number of nitrogens with zero attached hydrogens (tertiary/aromatic N) is 1. The van der Waals surface area contributed by atoms with E-state index in [4.69, 9.17) is 4.42 Å². The van der Waals surface area contributed by atoms with Gasteiger partial charge >= 0.3 is 0 Å². The standard InChI is InChI=1S/C26H26NOSi/c1-17-14-22-20-8-6-7-9-25(20)28-26(22)16-21(17)24-12-10-18-15-19(29(3,4)5)11-13-23(18)27(24)2/h6-16H,1-5H3/q+1. The zero-order valence-corrected chi connectivity index (χ0v) is 18.7. The van der Waals surface area contributed by atoms with Crippen molar-refractivity contribution in [3.63, 3.8) is 0 Å². The van der Waals surface area contributed by atoms with Crippen LogP contribution in [0, 0.1) is 6.92 Å². The van der Waals surface area contributed by atoms with Gasteiger partial charge in [0.25, 0.3) is 0 Å². The monoisotopic (exact) mass is 396 g/mol. The molecule has 0 aliphatic rings. The van der Waals surface area contributed by atoms with Gasteiger partial charge in [0.05, 0.1) is 13.6 Å².